The van der Waals surface area contributed by atoms with Gasteiger partial charge in [-0.05, 0) is 32.3 Å². The summed E-state index contributed by atoms with van der Waals surface area (Å²) >= 11 is 0. The summed E-state index contributed by atoms with van der Waals surface area (Å²) in [5.74, 6) is 0. The van der Waals surface area contributed by atoms with Crippen LogP contribution in [0.25, 0.3) is 32.3 Å². The molecule has 0 aliphatic heterocycles. The Hall–Kier alpha value is -2.08. The fourth-order valence-corrected chi connectivity index (χ4v) is 2.67. The van der Waals surface area contributed by atoms with Crippen molar-refractivity contribution in [3.8, 4) is 0 Å². The minimum atomic E-state index is 1.34. The Kier molecular flexibility index (Phi) is 1.39. The Morgan fingerprint density at radius 2 is 0.688 bits per heavy atom. The second-order valence-corrected chi connectivity index (χ2v) is 4.29. The highest BCUT2D eigenvalue weighted by Gasteiger charge is 2.05. The van der Waals surface area contributed by atoms with E-state index in [-0.39, 0.29) is 0 Å². The van der Waals surface area contributed by atoms with E-state index in [9.17, 15) is 0 Å². The van der Waals surface area contributed by atoms with Gasteiger partial charge in [-0.3, -0.25) is 0 Å². The summed E-state index contributed by atoms with van der Waals surface area (Å²) in [5, 5.41) is 8.14. The molecular formula is C16H10. The number of benzene rings is 4. The first-order valence-electron chi connectivity index (χ1n) is 5.56. The van der Waals surface area contributed by atoms with E-state index in [1.54, 1.807) is 0 Å². The standard InChI is InChI=1S/C16H10/c1-3-11-7-9-13-5-2-6-14-10-8-12(4-1)15(11)16(13)14/h1-10H/i1+1,3+1,4+1,11+1,12+1,15+1. The lowest BCUT2D eigenvalue weighted by Crippen LogP contribution is -1.82. The van der Waals surface area contributed by atoms with E-state index >= 15 is 0 Å². The van der Waals surface area contributed by atoms with Crippen molar-refractivity contribution in [3.63, 3.8) is 0 Å². The van der Waals surface area contributed by atoms with Crippen LogP contribution < -0.4 is 0 Å². The molecule has 0 heterocycles. The Bertz CT molecular complexity index is 667. The summed E-state index contributed by atoms with van der Waals surface area (Å²) < 4.78 is 0. The van der Waals surface area contributed by atoms with Crippen LogP contribution in [0.5, 0.6) is 0 Å². The van der Waals surface area contributed by atoms with Crippen LogP contribution in [0, 0.1) is 0 Å². The molecule has 16 heavy (non-hydrogen) atoms. The topological polar surface area (TPSA) is 0 Å². The molecule has 0 nitrogen and oxygen atoms in total. The van der Waals surface area contributed by atoms with Crippen molar-refractivity contribution in [2.24, 2.45) is 0 Å². The Balaban J connectivity index is 2.51. The smallest absolute Gasteiger partial charge is 0.00268 e. The van der Waals surface area contributed by atoms with Gasteiger partial charge in [0.15, 0.2) is 0 Å². The second kappa shape index (κ2) is 2.73. The van der Waals surface area contributed by atoms with Crippen molar-refractivity contribution in [3.05, 3.63) is 60.7 Å². The maximum Gasteiger partial charge on any atom is -0.00268 e. The predicted octanol–water partition coefficient (Wildman–Crippen LogP) is 4.58. The fraction of sp³-hybridized carbons (Fsp3) is 0. The molecule has 0 aliphatic rings. The average molecular weight is 208 g/mol. The Labute approximate surface area is 93.5 Å². The maximum atomic E-state index is 2.21. The van der Waals surface area contributed by atoms with Crippen molar-refractivity contribution < 1.29 is 0 Å². The molecule has 0 saturated carbocycles. The Morgan fingerprint density at radius 3 is 1.00 bits per heavy atom. The van der Waals surface area contributed by atoms with E-state index < -0.39 is 0 Å². The van der Waals surface area contributed by atoms with Crippen LogP contribution in [0.3, 0.4) is 0 Å². The van der Waals surface area contributed by atoms with Crippen molar-refractivity contribution in [2.45, 2.75) is 0 Å². The van der Waals surface area contributed by atoms with Crippen molar-refractivity contribution in [1.29, 1.82) is 0 Å². The third-order valence-corrected chi connectivity index (χ3v) is 3.39. The van der Waals surface area contributed by atoms with E-state index in [1.807, 2.05) is 0 Å². The zero-order valence-electron chi connectivity index (χ0n) is 8.77. The molecule has 0 spiro atoms. The zero-order valence-corrected chi connectivity index (χ0v) is 8.77. The molecule has 0 fully saturated rings. The molecule has 0 radical (unpaired) electrons. The first kappa shape index (κ1) is 8.12. The lowest BCUT2D eigenvalue weighted by molar-refractivity contribution is 1.78. The normalized spacial score (nSPS) is 11.8. The molecule has 0 unspecified atom stereocenters. The summed E-state index contributed by atoms with van der Waals surface area (Å²) in [4.78, 5) is 0. The second-order valence-electron chi connectivity index (χ2n) is 4.29. The summed E-state index contributed by atoms with van der Waals surface area (Å²) in [6, 6.07) is 21.9. The lowest BCUT2D eigenvalue weighted by Gasteiger charge is -2.09. The molecule has 4 aromatic carbocycles. The van der Waals surface area contributed by atoms with Gasteiger partial charge in [-0.15, -0.1) is 0 Å². The van der Waals surface area contributed by atoms with E-state index in [0.717, 1.165) is 0 Å². The molecule has 0 bridgehead atoms. The largest absolute Gasteiger partial charge is 0.0610 e. The molecule has 0 amide bonds. The van der Waals surface area contributed by atoms with E-state index in [0.29, 0.717) is 0 Å². The third kappa shape index (κ3) is 0.892. The highest BCUT2D eigenvalue weighted by molar-refractivity contribution is 6.22. The van der Waals surface area contributed by atoms with Crippen LogP contribution in [0.1, 0.15) is 0 Å². The van der Waals surface area contributed by atoms with Crippen LogP contribution in [-0.4, -0.2) is 0 Å². The highest BCUT2D eigenvalue weighted by atomic mass is 14.8. The van der Waals surface area contributed by atoms with Gasteiger partial charge < -0.3 is 0 Å². The molecule has 0 atom stereocenters. The van der Waals surface area contributed by atoms with Crippen LogP contribution in [0.4, 0.5) is 0 Å². The van der Waals surface area contributed by atoms with Crippen molar-refractivity contribution in [2.75, 3.05) is 0 Å². The van der Waals surface area contributed by atoms with Crippen LogP contribution >= 0.6 is 0 Å². The van der Waals surface area contributed by atoms with Crippen LogP contribution in [0.2, 0.25) is 0 Å². The zero-order chi connectivity index (χ0) is 10.5. The van der Waals surface area contributed by atoms with Gasteiger partial charge in [-0.1, -0.05) is 60.7 Å². The van der Waals surface area contributed by atoms with Crippen molar-refractivity contribution >= 4 is 32.3 Å². The number of hydrogen-bond donors (Lipinski definition) is 0. The van der Waals surface area contributed by atoms with Crippen molar-refractivity contribution in [1.82, 2.24) is 0 Å². The van der Waals surface area contributed by atoms with Gasteiger partial charge in [-0.25, -0.2) is 0 Å². The highest BCUT2D eigenvalue weighted by Crippen LogP contribution is 2.33. The molecule has 0 aliphatic carbocycles. The quantitative estimate of drug-likeness (QED) is 0.371. The van der Waals surface area contributed by atoms with Gasteiger partial charge in [0.25, 0.3) is 0 Å². The summed E-state index contributed by atoms with van der Waals surface area (Å²) in [5.41, 5.74) is 0. The number of hydrogen-bond acceptors (Lipinski definition) is 0. The SMILES string of the molecule is c1cc2cc[13c]3[13cH][13cH][13cH][13c]4ccc(c1)c2[13c]34. The summed E-state index contributed by atoms with van der Waals surface area (Å²) in [6.45, 7) is 0. The van der Waals surface area contributed by atoms with E-state index in [4.69, 9.17) is 0 Å². The Morgan fingerprint density at radius 1 is 0.375 bits per heavy atom. The third-order valence-electron chi connectivity index (χ3n) is 3.39. The fourth-order valence-electron chi connectivity index (χ4n) is 2.67. The maximum absolute atomic E-state index is 2.21. The van der Waals surface area contributed by atoms with E-state index in [1.165, 1.54) is 32.3 Å². The molecule has 74 valence electrons. The molecule has 0 aromatic heterocycles. The molecule has 4 rings (SSSR count). The first-order chi connectivity index (χ1) is 7.93. The van der Waals surface area contributed by atoms with Gasteiger partial charge in [0.1, 0.15) is 0 Å². The average Bonchev–Trinajstić information content (AvgIpc) is 2.36. The summed E-state index contributed by atoms with van der Waals surface area (Å²) in [7, 11) is 0. The van der Waals surface area contributed by atoms with Crippen LogP contribution in [0.15, 0.2) is 60.7 Å². The summed E-state index contributed by atoms with van der Waals surface area (Å²) in [6.07, 6.45) is 0. The minimum absolute atomic E-state index is 1.34. The minimum Gasteiger partial charge on any atom is -0.0610 e. The van der Waals surface area contributed by atoms with Gasteiger partial charge in [0.2, 0.25) is 0 Å². The molecule has 0 N–H and O–H groups in total. The van der Waals surface area contributed by atoms with Gasteiger partial charge in [0, 0.05) is 0 Å². The predicted molar refractivity (Wildman–Crippen MR) is 70.1 cm³/mol. The van der Waals surface area contributed by atoms with Gasteiger partial charge >= 0.3 is 0 Å². The molecular weight excluding hydrogens is 198 g/mol. The molecule has 0 heteroatoms. The van der Waals surface area contributed by atoms with E-state index in [2.05, 4.69) is 60.7 Å². The monoisotopic (exact) mass is 208 g/mol. The van der Waals surface area contributed by atoms with Crippen LogP contribution in [-0.2, 0) is 0 Å². The lowest BCUT2D eigenvalue weighted by atomic mass is 10.1. The molecule has 4 aromatic rings. The van der Waals surface area contributed by atoms with Gasteiger partial charge in [-0.2, -0.15) is 0 Å². The molecule has 0 saturated heterocycles. The van der Waals surface area contributed by atoms with Gasteiger partial charge in [0.05, 0.1) is 0 Å². The first-order valence-corrected chi connectivity index (χ1v) is 5.56. The number of rotatable bonds is 0.